The minimum Gasteiger partial charge on any atom is -0.307 e. The molecule has 4 N–H and O–H groups in total. The fourth-order valence-electron chi connectivity index (χ4n) is 3.34. The highest BCUT2D eigenvalue weighted by Gasteiger charge is 2.41. The van der Waals surface area contributed by atoms with Crippen LogP contribution < -0.4 is 10.0 Å². The van der Waals surface area contributed by atoms with Crippen LogP contribution in [0.1, 0.15) is 31.2 Å². The summed E-state index contributed by atoms with van der Waals surface area (Å²) < 4.78 is 72.4. The molecule has 1 atom stereocenters. The van der Waals surface area contributed by atoms with Crippen LogP contribution in [0.3, 0.4) is 0 Å². The molecule has 33 heavy (non-hydrogen) atoms. The summed E-state index contributed by atoms with van der Waals surface area (Å²) in [6.07, 6.45) is 1.17. The summed E-state index contributed by atoms with van der Waals surface area (Å²) >= 11 is 6.44. The maximum atomic E-state index is 14.8. The van der Waals surface area contributed by atoms with Gasteiger partial charge >= 0.3 is 0 Å². The van der Waals surface area contributed by atoms with Gasteiger partial charge in [-0.15, -0.1) is 0 Å². The van der Waals surface area contributed by atoms with E-state index in [2.05, 4.69) is 15.0 Å². The van der Waals surface area contributed by atoms with Crippen molar-refractivity contribution in [3.8, 4) is 0 Å². The standard InChI is InChI=1S/C19H19ClF4N6OS2/c1-18(3-4-18)29-33(31)9-6-10(11-2-5-27-8-19(11,23)24)12-13(20)28-17(30(12)7-9)16(26)32-15(25)14(21)22/h2,6-7,14,25-27,29H,3-5,8H2,1H3. The lowest BCUT2D eigenvalue weighted by atomic mass is 9.97. The first-order valence-electron chi connectivity index (χ1n) is 9.76. The predicted molar refractivity (Wildman–Crippen MR) is 121 cm³/mol. The second kappa shape index (κ2) is 8.77. The first kappa shape index (κ1) is 24.3. The highest BCUT2D eigenvalue weighted by Crippen LogP contribution is 2.40. The van der Waals surface area contributed by atoms with Crippen molar-refractivity contribution in [1.29, 1.82) is 10.8 Å². The average Bonchev–Trinajstić information content (AvgIpc) is 3.36. The molecule has 0 amide bonds. The highest BCUT2D eigenvalue weighted by atomic mass is 35.5. The van der Waals surface area contributed by atoms with Crippen molar-refractivity contribution in [3.05, 3.63) is 34.9 Å². The molecular formula is C19H19ClF4N6OS2. The number of thioether (sulfide) groups is 1. The number of fused-ring (bicyclic) bond motifs is 1. The number of pyridine rings is 1. The van der Waals surface area contributed by atoms with E-state index in [9.17, 15) is 21.8 Å². The lowest BCUT2D eigenvalue weighted by molar-refractivity contribution is 0.0637. The molecule has 178 valence electrons. The van der Waals surface area contributed by atoms with Crippen LogP contribution >= 0.6 is 23.4 Å². The van der Waals surface area contributed by atoms with Gasteiger partial charge in [-0.2, -0.15) is 8.78 Å². The summed E-state index contributed by atoms with van der Waals surface area (Å²) in [5.74, 6) is -3.48. The van der Waals surface area contributed by atoms with E-state index in [1.54, 1.807) is 0 Å². The third-order valence-corrected chi connectivity index (χ3v) is 7.69. The smallest absolute Gasteiger partial charge is 0.285 e. The summed E-state index contributed by atoms with van der Waals surface area (Å²) in [7, 11) is -1.79. The second-order valence-electron chi connectivity index (χ2n) is 8.02. The zero-order valence-corrected chi connectivity index (χ0v) is 19.5. The van der Waals surface area contributed by atoms with Crippen LogP contribution in [-0.4, -0.2) is 54.7 Å². The van der Waals surface area contributed by atoms with Crippen LogP contribution in [0.15, 0.2) is 23.2 Å². The molecule has 1 aliphatic heterocycles. The number of nitrogens with one attached hydrogen (secondary N) is 4. The van der Waals surface area contributed by atoms with Gasteiger partial charge in [0.2, 0.25) is 0 Å². The second-order valence-corrected chi connectivity index (χ2v) is 10.6. The fourth-order valence-corrected chi connectivity index (χ4v) is 5.35. The van der Waals surface area contributed by atoms with Crippen molar-refractivity contribution in [2.45, 2.75) is 42.5 Å². The van der Waals surface area contributed by atoms with Crippen LogP contribution in [0, 0.1) is 10.8 Å². The molecule has 14 heteroatoms. The number of aromatic nitrogens is 2. The van der Waals surface area contributed by atoms with E-state index in [1.165, 1.54) is 22.7 Å². The first-order valence-corrected chi connectivity index (χ1v) is 12.1. The highest BCUT2D eigenvalue weighted by molar-refractivity contribution is 8.26. The molecule has 1 unspecified atom stereocenters. The number of imidazole rings is 1. The van der Waals surface area contributed by atoms with Crippen molar-refractivity contribution in [3.63, 3.8) is 0 Å². The SMILES string of the molecule is CC1(NS(=O)c2cc(C3=CCNCC3(F)F)c3c(Cl)nc(C(=N)SC(=N)C(F)F)n3c2)CC1. The van der Waals surface area contributed by atoms with Gasteiger partial charge in [-0.3, -0.25) is 15.2 Å². The molecule has 1 saturated carbocycles. The van der Waals surface area contributed by atoms with E-state index in [0.717, 1.165) is 12.8 Å². The van der Waals surface area contributed by atoms with Crippen LogP contribution in [-0.2, 0) is 11.0 Å². The summed E-state index contributed by atoms with van der Waals surface area (Å²) in [4.78, 5) is 4.16. The molecule has 0 bridgehead atoms. The lowest BCUT2D eigenvalue weighted by Gasteiger charge is -2.26. The third kappa shape index (κ3) is 4.87. The molecule has 3 heterocycles. The molecule has 0 aromatic carbocycles. The number of nitrogens with zero attached hydrogens (tertiary/aromatic N) is 2. The van der Waals surface area contributed by atoms with E-state index in [4.69, 9.17) is 22.4 Å². The Labute approximate surface area is 198 Å². The van der Waals surface area contributed by atoms with Gasteiger partial charge in [-0.25, -0.2) is 22.7 Å². The first-order chi connectivity index (χ1) is 15.4. The van der Waals surface area contributed by atoms with E-state index in [-0.39, 0.29) is 56.4 Å². The molecule has 2 aromatic heterocycles. The Morgan fingerprint density at radius 1 is 1.39 bits per heavy atom. The summed E-state index contributed by atoms with van der Waals surface area (Å²) in [5.41, 5.74) is -0.648. The minimum atomic E-state index is -3.26. The Kier molecular flexibility index (Phi) is 6.46. The molecular weight excluding hydrogens is 504 g/mol. The van der Waals surface area contributed by atoms with Gasteiger partial charge in [-0.05, 0) is 37.6 Å². The van der Waals surface area contributed by atoms with Crippen molar-refractivity contribution < 1.29 is 21.8 Å². The van der Waals surface area contributed by atoms with Gasteiger partial charge in [0.1, 0.15) is 21.1 Å². The molecule has 4 rings (SSSR count). The molecule has 1 fully saturated rings. The predicted octanol–water partition coefficient (Wildman–Crippen LogP) is 4.08. The normalized spacial score (nSPS) is 20.0. The van der Waals surface area contributed by atoms with Crippen molar-refractivity contribution in [1.82, 2.24) is 19.4 Å². The fraction of sp³-hybridized carbons (Fsp3) is 0.421. The van der Waals surface area contributed by atoms with Gasteiger partial charge < -0.3 is 5.32 Å². The lowest BCUT2D eigenvalue weighted by Crippen LogP contribution is -2.38. The van der Waals surface area contributed by atoms with Crippen LogP contribution in [0.5, 0.6) is 0 Å². The van der Waals surface area contributed by atoms with Gasteiger partial charge in [0.05, 0.1) is 17.0 Å². The Balaban J connectivity index is 1.89. The number of halogens is 5. The van der Waals surface area contributed by atoms with Crippen molar-refractivity contribution in [2.24, 2.45) is 0 Å². The molecule has 0 radical (unpaired) electrons. The zero-order valence-electron chi connectivity index (χ0n) is 17.1. The maximum Gasteiger partial charge on any atom is 0.285 e. The largest absolute Gasteiger partial charge is 0.307 e. The maximum absolute atomic E-state index is 14.8. The number of alkyl halides is 4. The van der Waals surface area contributed by atoms with Crippen LogP contribution in [0.4, 0.5) is 17.6 Å². The van der Waals surface area contributed by atoms with E-state index >= 15 is 0 Å². The summed E-state index contributed by atoms with van der Waals surface area (Å²) in [6.45, 7) is 1.46. The average molecular weight is 523 g/mol. The van der Waals surface area contributed by atoms with Gasteiger partial charge in [0, 0.05) is 29.4 Å². The quantitative estimate of drug-likeness (QED) is 0.260. The van der Waals surface area contributed by atoms with Gasteiger partial charge in [0.15, 0.2) is 11.0 Å². The molecule has 2 aromatic rings. The van der Waals surface area contributed by atoms with Crippen molar-refractivity contribution >= 4 is 55.5 Å². The topological polar surface area (TPSA) is 106 Å². The molecule has 1 aliphatic carbocycles. The monoisotopic (exact) mass is 522 g/mol. The van der Waals surface area contributed by atoms with E-state index in [0.29, 0.717) is 0 Å². The minimum absolute atomic E-state index is 0.0133. The Hall–Kier alpha value is -1.80. The van der Waals surface area contributed by atoms with Gasteiger partial charge in [-0.1, -0.05) is 17.7 Å². The summed E-state index contributed by atoms with van der Waals surface area (Å²) in [6, 6.07) is 1.35. The van der Waals surface area contributed by atoms with Crippen molar-refractivity contribution in [2.75, 3.05) is 13.1 Å². The number of hydrogen-bond donors (Lipinski definition) is 4. The van der Waals surface area contributed by atoms with E-state index < -0.39 is 40.0 Å². The third-order valence-electron chi connectivity index (χ3n) is 5.31. The zero-order chi connectivity index (χ0) is 24.1. The molecule has 0 spiro atoms. The number of rotatable bonds is 6. The Morgan fingerprint density at radius 2 is 2.09 bits per heavy atom. The Morgan fingerprint density at radius 3 is 2.70 bits per heavy atom. The molecule has 7 nitrogen and oxygen atoms in total. The Bertz CT molecular complexity index is 1210. The van der Waals surface area contributed by atoms with E-state index in [1.807, 2.05) is 6.92 Å². The van der Waals surface area contributed by atoms with Crippen LogP contribution in [0.2, 0.25) is 5.15 Å². The van der Waals surface area contributed by atoms with Crippen LogP contribution in [0.25, 0.3) is 11.1 Å². The summed E-state index contributed by atoms with van der Waals surface area (Å²) in [5, 5.41) is 16.3. The molecule has 0 saturated heterocycles. The number of hydrogen-bond acceptors (Lipinski definition) is 6. The van der Waals surface area contributed by atoms with Gasteiger partial charge in [0.25, 0.3) is 12.3 Å². The molecule has 2 aliphatic rings.